The van der Waals surface area contributed by atoms with Crippen LogP contribution < -0.4 is 5.32 Å². The molecule has 0 saturated carbocycles. The van der Waals surface area contributed by atoms with Crippen LogP contribution in [0.3, 0.4) is 0 Å². The van der Waals surface area contributed by atoms with Gasteiger partial charge in [-0.2, -0.15) is 0 Å². The molecule has 354 valence electrons. The van der Waals surface area contributed by atoms with Gasteiger partial charge in [-0.3, -0.25) is 9.59 Å². The highest BCUT2D eigenvalue weighted by molar-refractivity contribution is 5.78. The number of aliphatic hydroxyl groups excluding tert-OH is 2. The van der Waals surface area contributed by atoms with E-state index in [4.69, 9.17) is 4.74 Å². The Bertz CT molecular complexity index is 1090. The van der Waals surface area contributed by atoms with Crippen molar-refractivity contribution in [3.63, 3.8) is 0 Å². The lowest BCUT2D eigenvalue weighted by Crippen LogP contribution is -2.46. The van der Waals surface area contributed by atoms with Gasteiger partial charge in [-0.05, 0) is 51.0 Å². The summed E-state index contributed by atoms with van der Waals surface area (Å²) in [5, 5.41) is 23.7. The molecule has 61 heavy (non-hydrogen) atoms. The maximum atomic E-state index is 13.2. The maximum Gasteiger partial charge on any atom is 0.306 e. The summed E-state index contributed by atoms with van der Waals surface area (Å²) in [6, 6.07) is -0.741. The van der Waals surface area contributed by atoms with E-state index in [1.165, 1.54) is 141 Å². The van der Waals surface area contributed by atoms with Gasteiger partial charge >= 0.3 is 5.97 Å². The van der Waals surface area contributed by atoms with Gasteiger partial charge < -0.3 is 20.3 Å². The van der Waals surface area contributed by atoms with Crippen LogP contribution in [0.4, 0.5) is 0 Å². The number of allylic oxidation sites excluding steroid dienone is 9. The molecule has 0 fully saturated rings. The Kier molecular flexibility index (Phi) is 46.6. The normalized spacial score (nSPS) is 13.7. The van der Waals surface area contributed by atoms with Crippen molar-refractivity contribution in [1.29, 1.82) is 0 Å². The molecule has 0 spiro atoms. The van der Waals surface area contributed by atoms with E-state index in [1.807, 2.05) is 6.08 Å². The Morgan fingerprint density at radius 3 is 1.25 bits per heavy atom. The Morgan fingerprint density at radius 1 is 0.492 bits per heavy atom. The molecule has 0 aliphatic heterocycles. The minimum Gasteiger partial charge on any atom is -0.458 e. The molecule has 3 atom stereocenters. The smallest absolute Gasteiger partial charge is 0.306 e. The van der Waals surface area contributed by atoms with Gasteiger partial charge in [0.2, 0.25) is 5.91 Å². The van der Waals surface area contributed by atoms with Crippen molar-refractivity contribution in [3.8, 4) is 0 Å². The summed E-state index contributed by atoms with van der Waals surface area (Å²) >= 11 is 0. The van der Waals surface area contributed by atoms with E-state index in [1.54, 1.807) is 6.08 Å². The number of carbonyl (C=O) groups is 2. The van der Waals surface area contributed by atoms with Crippen LogP contribution in [-0.4, -0.2) is 46.9 Å². The summed E-state index contributed by atoms with van der Waals surface area (Å²) in [7, 11) is 0. The first-order chi connectivity index (χ1) is 30.0. The highest BCUT2D eigenvalue weighted by atomic mass is 16.5. The molecule has 1 amide bonds. The van der Waals surface area contributed by atoms with Crippen molar-refractivity contribution in [1.82, 2.24) is 5.32 Å². The molecule has 0 aliphatic rings. The fraction of sp³-hybridized carbons (Fsp3) is 0.782. The summed E-state index contributed by atoms with van der Waals surface area (Å²) in [4.78, 5) is 26.1. The van der Waals surface area contributed by atoms with Crippen molar-refractivity contribution in [2.75, 3.05) is 6.61 Å². The fourth-order valence-electron chi connectivity index (χ4n) is 7.69. The van der Waals surface area contributed by atoms with E-state index in [2.05, 4.69) is 74.7 Å². The van der Waals surface area contributed by atoms with E-state index in [0.717, 1.165) is 64.2 Å². The standard InChI is InChI=1S/C55H99NO5/c1-4-7-10-13-16-19-22-25-27-30-32-35-38-41-44-47-53(58)52(50-57)56-54(59)49-51(46-43-40-37-34-31-29-26-23-20-17-14-11-8-5-2)61-55(60)48-45-42-39-36-33-28-24-21-18-15-12-9-6-3/h8,11,17,20,26,29,34,37,43,46,51-53,57-58H,4-7,9-10,12-16,18-19,21-25,27-28,30-33,35-36,38-42,44-45,47-50H2,1-3H3,(H,56,59)/b11-8+,20-17+,29-26+,37-34+,46-43+. The number of rotatable bonds is 46. The molecule has 0 aromatic carbocycles. The highest BCUT2D eigenvalue weighted by Gasteiger charge is 2.23. The summed E-state index contributed by atoms with van der Waals surface area (Å²) in [6.45, 7) is 6.34. The summed E-state index contributed by atoms with van der Waals surface area (Å²) in [5.74, 6) is -0.623. The first-order valence-corrected chi connectivity index (χ1v) is 26.0. The molecule has 6 nitrogen and oxygen atoms in total. The number of ether oxygens (including phenoxy) is 1. The average Bonchev–Trinajstić information content (AvgIpc) is 3.25. The quantitative estimate of drug-likeness (QED) is 0.0322. The van der Waals surface area contributed by atoms with Crippen LogP contribution >= 0.6 is 0 Å². The van der Waals surface area contributed by atoms with E-state index >= 15 is 0 Å². The lowest BCUT2D eigenvalue weighted by Gasteiger charge is -2.23. The maximum absolute atomic E-state index is 13.2. The zero-order chi connectivity index (χ0) is 44.5. The summed E-state index contributed by atoms with van der Waals surface area (Å²) in [5.41, 5.74) is 0. The number of unbranched alkanes of at least 4 members (excludes halogenated alkanes) is 26. The Balaban J connectivity index is 4.68. The first kappa shape index (κ1) is 58.6. The average molecular weight is 854 g/mol. The van der Waals surface area contributed by atoms with Gasteiger partial charge in [-0.15, -0.1) is 0 Å². The van der Waals surface area contributed by atoms with Crippen LogP contribution in [-0.2, 0) is 14.3 Å². The number of aliphatic hydroxyl groups is 2. The SMILES string of the molecule is CC/C=C/C/C=C/C/C=C/C/C=C/C/C=C/C(CC(=O)NC(CO)C(O)CCCCCCCCCCCCCCCCC)OC(=O)CCCCCCCCCCCCCCC. The molecule has 0 aliphatic carbocycles. The summed E-state index contributed by atoms with van der Waals surface area (Å²) in [6.07, 6.45) is 60.3. The largest absolute Gasteiger partial charge is 0.458 e. The molecule has 0 rings (SSSR count). The molecule has 0 aromatic heterocycles. The molecule has 3 unspecified atom stereocenters. The number of amides is 1. The van der Waals surface area contributed by atoms with E-state index in [-0.39, 0.29) is 24.9 Å². The third kappa shape index (κ3) is 44.0. The molecule has 0 heterocycles. The van der Waals surface area contributed by atoms with Crippen molar-refractivity contribution < 1.29 is 24.5 Å². The van der Waals surface area contributed by atoms with Crippen molar-refractivity contribution >= 4 is 11.9 Å². The van der Waals surface area contributed by atoms with Gasteiger partial charge in [-0.25, -0.2) is 0 Å². The zero-order valence-electron chi connectivity index (χ0n) is 40.3. The second-order valence-corrected chi connectivity index (χ2v) is 17.6. The predicted molar refractivity (Wildman–Crippen MR) is 264 cm³/mol. The van der Waals surface area contributed by atoms with Gasteiger partial charge in [0, 0.05) is 6.42 Å². The van der Waals surface area contributed by atoms with Crippen LogP contribution in [0.15, 0.2) is 60.8 Å². The monoisotopic (exact) mass is 854 g/mol. The Labute approximate surface area is 378 Å². The van der Waals surface area contributed by atoms with Gasteiger partial charge in [-0.1, -0.05) is 249 Å². The van der Waals surface area contributed by atoms with Crippen LogP contribution in [0.1, 0.15) is 252 Å². The van der Waals surface area contributed by atoms with Gasteiger partial charge in [0.25, 0.3) is 0 Å². The van der Waals surface area contributed by atoms with Crippen LogP contribution in [0.2, 0.25) is 0 Å². The molecular formula is C55H99NO5. The van der Waals surface area contributed by atoms with E-state index in [9.17, 15) is 19.8 Å². The molecule has 0 aromatic rings. The Hall–Kier alpha value is -2.44. The van der Waals surface area contributed by atoms with Crippen LogP contribution in [0.5, 0.6) is 0 Å². The minimum atomic E-state index is -0.818. The molecule has 6 heteroatoms. The predicted octanol–water partition coefficient (Wildman–Crippen LogP) is 15.6. The fourth-order valence-corrected chi connectivity index (χ4v) is 7.69. The molecular weight excluding hydrogens is 755 g/mol. The first-order valence-electron chi connectivity index (χ1n) is 26.0. The summed E-state index contributed by atoms with van der Waals surface area (Å²) < 4.78 is 5.82. The topological polar surface area (TPSA) is 95.9 Å². The molecule has 0 bridgehead atoms. The number of hydrogen-bond donors (Lipinski definition) is 3. The minimum absolute atomic E-state index is 0.0444. The lowest BCUT2D eigenvalue weighted by molar-refractivity contribution is -0.148. The zero-order valence-corrected chi connectivity index (χ0v) is 40.3. The van der Waals surface area contributed by atoms with E-state index < -0.39 is 18.2 Å². The Morgan fingerprint density at radius 2 is 0.852 bits per heavy atom. The van der Waals surface area contributed by atoms with Crippen LogP contribution in [0.25, 0.3) is 0 Å². The van der Waals surface area contributed by atoms with Gasteiger partial charge in [0.15, 0.2) is 0 Å². The van der Waals surface area contributed by atoms with Crippen LogP contribution in [0, 0.1) is 0 Å². The lowest BCUT2D eigenvalue weighted by atomic mass is 10.0. The molecule has 0 saturated heterocycles. The third-order valence-corrected chi connectivity index (χ3v) is 11.6. The molecule has 3 N–H and O–H groups in total. The highest BCUT2D eigenvalue weighted by Crippen LogP contribution is 2.17. The van der Waals surface area contributed by atoms with E-state index in [0.29, 0.717) is 19.3 Å². The molecule has 0 radical (unpaired) electrons. The van der Waals surface area contributed by atoms with Crippen molar-refractivity contribution in [2.45, 2.75) is 270 Å². The van der Waals surface area contributed by atoms with Crippen molar-refractivity contribution in [3.05, 3.63) is 60.8 Å². The van der Waals surface area contributed by atoms with Gasteiger partial charge in [0.1, 0.15) is 6.10 Å². The number of esters is 1. The second kappa shape index (κ2) is 48.6. The van der Waals surface area contributed by atoms with Gasteiger partial charge in [0.05, 0.1) is 25.2 Å². The second-order valence-electron chi connectivity index (χ2n) is 17.6. The number of hydrogen-bond acceptors (Lipinski definition) is 5. The van der Waals surface area contributed by atoms with Crippen molar-refractivity contribution in [2.24, 2.45) is 0 Å². The number of nitrogens with one attached hydrogen (secondary N) is 1. The third-order valence-electron chi connectivity index (χ3n) is 11.6. The number of carbonyl (C=O) groups excluding carboxylic acids is 2.